The number of ether oxygens (including phenoxy) is 1. The van der Waals surface area contributed by atoms with E-state index in [0.717, 1.165) is 0 Å². The third-order valence-electron chi connectivity index (χ3n) is 3.18. The fraction of sp³-hybridized carbons (Fsp3) is 0.750. The Bertz CT molecular complexity index is 434. The van der Waals surface area contributed by atoms with Gasteiger partial charge in [-0.2, -0.15) is 0 Å². The third kappa shape index (κ3) is 3.51. The number of hydrogen-bond donors (Lipinski definition) is 1. The molecule has 1 aromatic rings. The molecule has 0 radical (unpaired) electrons. The molecule has 0 saturated carbocycles. The Morgan fingerprint density at radius 1 is 1.68 bits per heavy atom. The molecule has 19 heavy (non-hydrogen) atoms. The van der Waals surface area contributed by atoms with E-state index in [-0.39, 0.29) is 18.6 Å². The molecule has 1 aliphatic rings. The summed E-state index contributed by atoms with van der Waals surface area (Å²) in [7, 11) is 0. The molecular formula is C12H20N4O3. The van der Waals surface area contributed by atoms with Gasteiger partial charge in [-0.15, -0.1) is 5.10 Å². The number of aromatic nitrogens is 3. The number of aliphatic hydroxyl groups is 1. The summed E-state index contributed by atoms with van der Waals surface area (Å²) >= 11 is 0. The molecule has 0 aromatic carbocycles. The smallest absolute Gasteiger partial charge is 0.244 e. The van der Waals surface area contributed by atoms with Crippen molar-refractivity contribution < 1.29 is 14.6 Å². The number of aliphatic hydroxyl groups excluding tert-OH is 1. The van der Waals surface area contributed by atoms with Crippen LogP contribution in [0.4, 0.5) is 0 Å². The van der Waals surface area contributed by atoms with E-state index in [1.165, 1.54) is 4.68 Å². The van der Waals surface area contributed by atoms with E-state index in [0.29, 0.717) is 31.8 Å². The zero-order chi connectivity index (χ0) is 13.8. The van der Waals surface area contributed by atoms with E-state index in [1.54, 1.807) is 11.1 Å². The van der Waals surface area contributed by atoms with Crippen LogP contribution in [0.2, 0.25) is 0 Å². The van der Waals surface area contributed by atoms with E-state index >= 15 is 0 Å². The van der Waals surface area contributed by atoms with Gasteiger partial charge in [0, 0.05) is 13.1 Å². The highest BCUT2D eigenvalue weighted by atomic mass is 16.5. The van der Waals surface area contributed by atoms with Crippen molar-refractivity contribution in [3.63, 3.8) is 0 Å². The molecule has 1 aromatic heterocycles. The SMILES string of the molecule is CCC(O)c1cn(CC(=O)N2CCOC(C)C2)nn1. The van der Waals surface area contributed by atoms with Crippen molar-refractivity contribution in [2.45, 2.75) is 39.0 Å². The van der Waals surface area contributed by atoms with Crippen LogP contribution >= 0.6 is 0 Å². The Kier molecular flexibility index (Phi) is 4.49. The monoisotopic (exact) mass is 268 g/mol. The van der Waals surface area contributed by atoms with Crippen LogP contribution in [0.1, 0.15) is 32.1 Å². The second-order valence-corrected chi connectivity index (χ2v) is 4.79. The number of hydrogen-bond acceptors (Lipinski definition) is 5. The van der Waals surface area contributed by atoms with Crippen LogP contribution in [-0.2, 0) is 16.1 Å². The molecule has 1 fully saturated rings. The lowest BCUT2D eigenvalue weighted by atomic mass is 10.2. The maximum Gasteiger partial charge on any atom is 0.244 e. The van der Waals surface area contributed by atoms with Crippen LogP contribution in [0.3, 0.4) is 0 Å². The first kappa shape index (κ1) is 14.0. The molecule has 1 saturated heterocycles. The largest absolute Gasteiger partial charge is 0.387 e. The fourth-order valence-corrected chi connectivity index (χ4v) is 2.04. The molecule has 106 valence electrons. The molecular weight excluding hydrogens is 248 g/mol. The molecule has 0 bridgehead atoms. The van der Waals surface area contributed by atoms with Gasteiger partial charge in [0.1, 0.15) is 12.2 Å². The van der Waals surface area contributed by atoms with Gasteiger partial charge in [0.15, 0.2) is 0 Å². The Balaban J connectivity index is 1.93. The topological polar surface area (TPSA) is 80.5 Å². The lowest BCUT2D eigenvalue weighted by Crippen LogP contribution is -2.45. The fourth-order valence-electron chi connectivity index (χ4n) is 2.04. The number of nitrogens with zero attached hydrogens (tertiary/aromatic N) is 4. The highest BCUT2D eigenvalue weighted by molar-refractivity contribution is 5.76. The Morgan fingerprint density at radius 3 is 3.16 bits per heavy atom. The first-order chi connectivity index (χ1) is 9.10. The molecule has 7 nitrogen and oxygen atoms in total. The van der Waals surface area contributed by atoms with Crippen molar-refractivity contribution >= 4 is 5.91 Å². The van der Waals surface area contributed by atoms with E-state index in [2.05, 4.69) is 10.3 Å². The van der Waals surface area contributed by atoms with E-state index in [1.807, 2.05) is 13.8 Å². The van der Waals surface area contributed by atoms with Gasteiger partial charge in [-0.3, -0.25) is 4.79 Å². The van der Waals surface area contributed by atoms with Crippen molar-refractivity contribution in [1.82, 2.24) is 19.9 Å². The summed E-state index contributed by atoms with van der Waals surface area (Å²) in [6, 6.07) is 0. The van der Waals surface area contributed by atoms with Crippen molar-refractivity contribution in [2.24, 2.45) is 0 Å². The minimum Gasteiger partial charge on any atom is -0.387 e. The molecule has 2 heterocycles. The van der Waals surface area contributed by atoms with Crippen LogP contribution in [-0.4, -0.2) is 56.7 Å². The van der Waals surface area contributed by atoms with Crippen molar-refractivity contribution in [3.8, 4) is 0 Å². The highest BCUT2D eigenvalue weighted by Crippen LogP contribution is 2.12. The molecule has 1 N–H and O–H groups in total. The van der Waals surface area contributed by atoms with Gasteiger partial charge in [-0.25, -0.2) is 4.68 Å². The van der Waals surface area contributed by atoms with Crippen LogP contribution in [0, 0.1) is 0 Å². The first-order valence-electron chi connectivity index (χ1n) is 6.57. The lowest BCUT2D eigenvalue weighted by Gasteiger charge is -2.31. The summed E-state index contributed by atoms with van der Waals surface area (Å²) in [6.45, 7) is 5.76. The molecule has 2 atom stereocenters. The van der Waals surface area contributed by atoms with Gasteiger partial charge in [0.25, 0.3) is 0 Å². The van der Waals surface area contributed by atoms with Crippen LogP contribution in [0.25, 0.3) is 0 Å². The van der Waals surface area contributed by atoms with E-state index in [4.69, 9.17) is 4.74 Å². The average Bonchev–Trinajstić information content (AvgIpc) is 2.86. The molecule has 2 unspecified atom stereocenters. The zero-order valence-electron chi connectivity index (χ0n) is 11.3. The third-order valence-corrected chi connectivity index (χ3v) is 3.18. The van der Waals surface area contributed by atoms with Crippen LogP contribution in [0.15, 0.2) is 6.20 Å². The standard InChI is InChI=1S/C12H20N4O3/c1-3-11(17)10-7-16(14-13-10)8-12(18)15-4-5-19-9(2)6-15/h7,9,11,17H,3-6,8H2,1-2H3. The first-order valence-corrected chi connectivity index (χ1v) is 6.57. The zero-order valence-corrected chi connectivity index (χ0v) is 11.3. The quantitative estimate of drug-likeness (QED) is 0.829. The lowest BCUT2D eigenvalue weighted by molar-refractivity contribution is -0.139. The molecule has 7 heteroatoms. The summed E-state index contributed by atoms with van der Waals surface area (Å²) < 4.78 is 6.87. The summed E-state index contributed by atoms with van der Waals surface area (Å²) in [6.07, 6.45) is 1.65. The minimum absolute atomic E-state index is 0.00223. The highest BCUT2D eigenvalue weighted by Gasteiger charge is 2.22. The Labute approximate surface area is 112 Å². The Hall–Kier alpha value is -1.47. The normalized spacial score (nSPS) is 21.4. The summed E-state index contributed by atoms with van der Waals surface area (Å²) in [5.41, 5.74) is 0.505. The second kappa shape index (κ2) is 6.12. The molecule has 0 aliphatic carbocycles. The van der Waals surface area contributed by atoms with Gasteiger partial charge < -0.3 is 14.7 Å². The van der Waals surface area contributed by atoms with Crippen LogP contribution in [0.5, 0.6) is 0 Å². The van der Waals surface area contributed by atoms with Crippen molar-refractivity contribution in [2.75, 3.05) is 19.7 Å². The molecule has 1 aliphatic heterocycles. The van der Waals surface area contributed by atoms with Crippen molar-refractivity contribution in [3.05, 3.63) is 11.9 Å². The van der Waals surface area contributed by atoms with Crippen molar-refractivity contribution in [1.29, 1.82) is 0 Å². The number of carbonyl (C=O) groups is 1. The number of carbonyl (C=O) groups excluding carboxylic acids is 1. The molecule has 2 rings (SSSR count). The molecule has 0 spiro atoms. The van der Waals surface area contributed by atoms with E-state index < -0.39 is 6.10 Å². The maximum atomic E-state index is 12.1. The van der Waals surface area contributed by atoms with Crippen LogP contribution < -0.4 is 0 Å². The van der Waals surface area contributed by atoms with Gasteiger partial charge in [-0.1, -0.05) is 12.1 Å². The number of rotatable bonds is 4. The van der Waals surface area contributed by atoms with Gasteiger partial charge in [-0.05, 0) is 13.3 Å². The maximum absolute atomic E-state index is 12.1. The van der Waals surface area contributed by atoms with Gasteiger partial charge >= 0.3 is 0 Å². The number of morpholine rings is 1. The number of amides is 1. The predicted molar refractivity (Wildman–Crippen MR) is 67.3 cm³/mol. The summed E-state index contributed by atoms with van der Waals surface area (Å²) in [5.74, 6) is -0.00223. The van der Waals surface area contributed by atoms with Gasteiger partial charge in [0.2, 0.25) is 5.91 Å². The minimum atomic E-state index is -0.618. The van der Waals surface area contributed by atoms with Gasteiger partial charge in [0.05, 0.1) is 25.0 Å². The molecule has 1 amide bonds. The Morgan fingerprint density at radius 2 is 2.47 bits per heavy atom. The second-order valence-electron chi connectivity index (χ2n) is 4.79. The summed E-state index contributed by atoms with van der Waals surface area (Å²) in [5, 5.41) is 17.4. The van der Waals surface area contributed by atoms with E-state index in [9.17, 15) is 9.90 Å². The predicted octanol–water partition coefficient (Wildman–Crippen LogP) is -0.0312. The summed E-state index contributed by atoms with van der Waals surface area (Å²) in [4.78, 5) is 13.9. The average molecular weight is 268 g/mol.